The van der Waals surface area contributed by atoms with Gasteiger partial charge in [0.15, 0.2) is 0 Å². The van der Waals surface area contributed by atoms with E-state index in [4.69, 9.17) is 0 Å². The minimum atomic E-state index is -5.67. The predicted molar refractivity (Wildman–Crippen MR) is 58.8 cm³/mol. The van der Waals surface area contributed by atoms with Crippen molar-refractivity contribution in [3.05, 3.63) is 0 Å². The Morgan fingerprint density at radius 2 is 1.47 bits per heavy atom. The van der Waals surface area contributed by atoms with Gasteiger partial charge in [-0.15, -0.1) is 0 Å². The third-order valence-electron chi connectivity index (χ3n) is 2.44. The van der Waals surface area contributed by atoms with Crippen LogP contribution in [0.2, 0.25) is 0 Å². The van der Waals surface area contributed by atoms with E-state index in [1.54, 1.807) is 27.7 Å². The average Bonchev–Trinajstić information content (AvgIpc) is 2.11. The summed E-state index contributed by atoms with van der Waals surface area (Å²) in [4.78, 5) is 0. The largest absolute Gasteiger partial charge is 0.523 e. The third-order valence-corrected chi connectivity index (χ3v) is 7.64. The second-order valence-corrected chi connectivity index (χ2v) is 9.83. The molecule has 9 heteroatoms. The standard InChI is InChI=1S/C8H16F3O4PS/c1-6(2)16(12,7(3)4)5-15-17(13,14)8(9,10)11/h6-7H,5H2,1-4H3. The van der Waals surface area contributed by atoms with Gasteiger partial charge in [-0.2, -0.15) is 21.6 Å². The molecule has 0 heterocycles. The molecule has 0 bridgehead atoms. The van der Waals surface area contributed by atoms with E-state index in [-0.39, 0.29) is 0 Å². The number of hydrogen-bond acceptors (Lipinski definition) is 4. The molecule has 0 unspecified atom stereocenters. The summed E-state index contributed by atoms with van der Waals surface area (Å²) in [6.45, 7) is 6.24. The first-order valence-corrected chi connectivity index (χ1v) is 8.32. The van der Waals surface area contributed by atoms with Crippen LogP contribution in [0.5, 0.6) is 0 Å². The molecule has 0 saturated heterocycles. The fourth-order valence-corrected chi connectivity index (χ4v) is 4.25. The Balaban J connectivity index is 4.95. The molecular formula is C8H16F3O4PS. The van der Waals surface area contributed by atoms with Crippen molar-refractivity contribution in [3.8, 4) is 0 Å². The summed E-state index contributed by atoms with van der Waals surface area (Å²) < 4.78 is 73.5. The van der Waals surface area contributed by atoms with Gasteiger partial charge in [0.05, 0.1) is 0 Å². The lowest BCUT2D eigenvalue weighted by atomic mass is 10.5. The average molecular weight is 296 g/mol. The van der Waals surface area contributed by atoms with Crippen molar-refractivity contribution >= 4 is 17.3 Å². The Bertz CT molecular complexity index is 387. The van der Waals surface area contributed by atoms with Crippen LogP contribution in [0.3, 0.4) is 0 Å². The van der Waals surface area contributed by atoms with Gasteiger partial charge in [-0.05, 0) is 0 Å². The van der Waals surface area contributed by atoms with Crippen LogP contribution in [0.4, 0.5) is 13.2 Å². The molecule has 4 nitrogen and oxygen atoms in total. The van der Waals surface area contributed by atoms with Crippen molar-refractivity contribution in [1.82, 2.24) is 0 Å². The highest BCUT2D eigenvalue weighted by molar-refractivity contribution is 7.87. The fourth-order valence-electron chi connectivity index (χ4n) is 1.11. The van der Waals surface area contributed by atoms with Crippen molar-refractivity contribution in [3.63, 3.8) is 0 Å². The van der Waals surface area contributed by atoms with E-state index in [9.17, 15) is 26.2 Å². The summed E-state index contributed by atoms with van der Waals surface area (Å²) in [5, 5.41) is 0. The Kier molecular flexibility index (Phi) is 5.26. The van der Waals surface area contributed by atoms with Crippen molar-refractivity contribution < 1.29 is 30.3 Å². The summed E-state index contributed by atoms with van der Waals surface area (Å²) in [5.41, 5.74) is -6.36. The van der Waals surface area contributed by atoms with Gasteiger partial charge in [0, 0.05) is 11.3 Å². The monoisotopic (exact) mass is 296 g/mol. The molecule has 0 radical (unpaired) electrons. The van der Waals surface area contributed by atoms with Gasteiger partial charge in [0.1, 0.15) is 13.5 Å². The number of halogens is 3. The van der Waals surface area contributed by atoms with Crippen LogP contribution in [0.1, 0.15) is 27.7 Å². The van der Waals surface area contributed by atoms with Gasteiger partial charge in [-0.25, -0.2) is 0 Å². The molecule has 0 spiro atoms. The van der Waals surface area contributed by atoms with Crippen LogP contribution in [0.15, 0.2) is 0 Å². The number of rotatable bonds is 5. The summed E-state index contributed by atoms with van der Waals surface area (Å²) in [6.07, 6.45) is -0.913. The molecule has 0 aromatic heterocycles. The van der Waals surface area contributed by atoms with Crippen molar-refractivity contribution in [2.75, 3.05) is 6.35 Å². The molecule has 0 aromatic carbocycles. The van der Waals surface area contributed by atoms with Crippen molar-refractivity contribution in [2.24, 2.45) is 0 Å². The van der Waals surface area contributed by atoms with E-state index in [0.29, 0.717) is 0 Å². The fraction of sp³-hybridized carbons (Fsp3) is 1.00. The number of hydrogen-bond donors (Lipinski definition) is 0. The third kappa shape index (κ3) is 3.96. The first-order chi connectivity index (χ1) is 7.34. The van der Waals surface area contributed by atoms with Gasteiger partial charge in [0.2, 0.25) is 0 Å². The Morgan fingerprint density at radius 1 is 1.12 bits per heavy atom. The van der Waals surface area contributed by atoms with E-state index in [2.05, 4.69) is 4.18 Å². The molecular weight excluding hydrogens is 280 g/mol. The Hall–Kier alpha value is -0.0700. The van der Waals surface area contributed by atoms with Crippen LogP contribution >= 0.6 is 7.14 Å². The van der Waals surface area contributed by atoms with Crippen molar-refractivity contribution in [2.45, 2.75) is 44.5 Å². The SMILES string of the molecule is CC(C)P(=O)(COS(=O)(=O)C(F)(F)F)C(C)C. The molecule has 17 heavy (non-hydrogen) atoms. The minimum Gasteiger partial charge on any atom is -0.321 e. The zero-order chi connectivity index (χ0) is 14.1. The van der Waals surface area contributed by atoms with Crippen LogP contribution < -0.4 is 0 Å². The highest BCUT2D eigenvalue weighted by Crippen LogP contribution is 2.55. The summed E-state index contributed by atoms with van der Waals surface area (Å²) in [6, 6.07) is 0. The molecule has 0 aliphatic rings. The molecule has 0 atom stereocenters. The molecule has 104 valence electrons. The molecule has 0 aromatic rings. The van der Waals surface area contributed by atoms with E-state index < -0.39 is 40.4 Å². The topological polar surface area (TPSA) is 60.4 Å². The van der Waals surface area contributed by atoms with Crippen molar-refractivity contribution in [1.29, 1.82) is 0 Å². The molecule has 0 amide bonds. The summed E-state index contributed by atoms with van der Waals surface area (Å²) >= 11 is 0. The lowest BCUT2D eigenvalue weighted by Crippen LogP contribution is -2.27. The summed E-state index contributed by atoms with van der Waals surface area (Å²) in [5.74, 6) is 0. The first-order valence-electron chi connectivity index (χ1n) is 4.88. The maximum Gasteiger partial charge on any atom is 0.523 e. The molecule has 0 N–H and O–H groups in total. The van der Waals surface area contributed by atoms with Crippen LogP contribution in [-0.4, -0.2) is 31.6 Å². The molecule has 0 saturated carbocycles. The summed E-state index contributed by atoms with van der Waals surface area (Å²) in [7, 11) is -8.80. The first kappa shape index (κ1) is 16.9. The lowest BCUT2D eigenvalue weighted by molar-refractivity contribution is -0.0531. The Labute approximate surface area is 99.0 Å². The lowest BCUT2D eigenvalue weighted by Gasteiger charge is -2.25. The van der Waals surface area contributed by atoms with Gasteiger partial charge in [-0.1, -0.05) is 27.7 Å². The highest BCUT2D eigenvalue weighted by atomic mass is 32.2. The minimum absolute atomic E-state index is 0.439. The van der Waals surface area contributed by atoms with Crippen LogP contribution in [0, 0.1) is 0 Å². The molecule has 0 fully saturated rings. The van der Waals surface area contributed by atoms with Crippen LogP contribution in [-0.2, 0) is 18.9 Å². The van der Waals surface area contributed by atoms with Gasteiger partial charge < -0.3 is 4.57 Å². The zero-order valence-corrected chi connectivity index (χ0v) is 11.7. The Morgan fingerprint density at radius 3 is 1.71 bits per heavy atom. The second kappa shape index (κ2) is 5.28. The molecule has 0 aliphatic heterocycles. The van der Waals surface area contributed by atoms with E-state index in [0.717, 1.165) is 0 Å². The van der Waals surface area contributed by atoms with E-state index >= 15 is 0 Å². The normalized spacial score (nSPS) is 14.6. The predicted octanol–water partition coefficient (Wildman–Crippen LogP) is 2.99. The number of alkyl halides is 3. The van der Waals surface area contributed by atoms with Gasteiger partial charge in [-0.3, -0.25) is 4.18 Å². The van der Waals surface area contributed by atoms with Gasteiger partial charge >= 0.3 is 15.6 Å². The van der Waals surface area contributed by atoms with E-state index in [1.165, 1.54) is 0 Å². The maximum atomic E-state index is 12.2. The van der Waals surface area contributed by atoms with Gasteiger partial charge in [0.25, 0.3) is 0 Å². The maximum absolute atomic E-state index is 12.2. The zero-order valence-electron chi connectivity index (χ0n) is 9.98. The van der Waals surface area contributed by atoms with Crippen LogP contribution in [0.25, 0.3) is 0 Å². The quantitative estimate of drug-likeness (QED) is 0.444. The highest BCUT2D eigenvalue weighted by Gasteiger charge is 2.48. The van der Waals surface area contributed by atoms with E-state index in [1.807, 2.05) is 0 Å². The smallest absolute Gasteiger partial charge is 0.321 e. The molecule has 0 aliphatic carbocycles. The second-order valence-electron chi connectivity index (χ2n) is 4.19. The molecule has 0 rings (SSSR count).